The summed E-state index contributed by atoms with van der Waals surface area (Å²) in [5.41, 5.74) is -2.22. The standard InChI is InChI=1S/C32H64NO8P/c1-6-8-10-12-14-16-18-20-22-24-30(36)32(28-33(3,4)5,41-42(38,39)40-29(26-34)27-35)31(37)25-23-21-19-17-15-13-11-9-7-2/h29,34-35H,6-28H2,1-5H3. The maximum Gasteiger partial charge on any atom is 0.269 e. The molecule has 0 saturated carbocycles. The predicted octanol–water partition coefficient (Wildman–Crippen LogP) is 6.27. The van der Waals surface area contributed by atoms with Crippen molar-refractivity contribution in [3.63, 3.8) is 0 Å². The lowest BCUT2D eigenvalue weighted by molar-refractivity contribution is -0.874. The molecular weight excluding hydrogens is 557 g/mol. The summed E-state index contributed by atoms with van der Waals surface area (Å²) >= 11 is 0. The fourth-order valence-corrected chi connectivity index (χ4v) is 6.43. The molecular formula is C32H64NO8P. The molecule has 2 N–H and O–H groups in total. The summed E-state index contributed by atoms with van der Waals surface area (Å²) in [5.74, 6) is -1.10. The van der Waals surface area contributed by atoms with Gasteiger partial charge in [-0.2, -0.15) is 0 Å². The third-order valence-electron chi connectivity index (χ3n) is 7.57. The maximum absolute atomic E-state index is 13.8. The van der Waals surface area contributed by atoms with Gasteiger partial charge in [0.2, 0.25) is 5.60 Å². The molecule has 0 heterocycles. The van der Waals surface area contributed by atoms with Gasteiger partial charge in [0, 0.05) is 12.8 Å². The third-order valence-corrected chi connectivity index (χ3v) is 8.66. The van der Waals surface area contributed by atoms with Crippen LogP contribution in [0, 0.1) is 0 Å². The predicted molar refractivity (Wildman–Crippen MR) is 167 cm³/mol. The number of aliphatic hydroxyl groups is 2. The number of phosphoric ester groups is 1. The van der Waals surface area contributed by atoms with Gasteiger partial charge < -0.3 is 24.1 Å². The maximum atomic E-state index is 13.8. The molecule has 0 aromatic heterocycles. The van der Waals surface area contributed by atoms with Crippen LogP contribution >= 0.6 is 7.82 Å². The lowest BCUT2D eigenvalue weighted by Crippen LogP contribution is -2.60. The van der Waals surface area contributed by atoms with Gasteiger partial charge >= 0.3 is 0 Å². The van der Waals surface area contributed by atoms with E-state index in [1.807, 2.05) is 0 Å². The second-order valence-corrected chi connectivity index (χ2v) is 14.2. The first-order valence-electron chi connectivity index (χ1n) is 16.7. The number of carbonyl (C=O) groups is 2. The Bertz CT molecular complexity index is 717. The molecule has 0 rings (SSSR count). The van der Waals surface area contributed by atoms with E-state index in [0.717, 1.165) is 51.4 Å². The minimum Gasteiger partial charge on any atom is -0.756 e. The van der Waals surface area contributed by atoms with Gasteiger partial charge in [-0.1, -0.05) is 117 Å². The van der Waals surface area contributed by atoms with Crippen LogP contribution in [0.3, 0.4) is 0 Å². The van der Waals surface area contributed by atoms with E-state index in [0.29, 0.717) is 12.8 Å². The van der Waals surface area contributed by atoms with Crippen molar-refractivity contribution in [2.45, 2.75) is 154 Å². The second-order valence-electron chi connectivity index (χ2n) is 12.9. The summed E-state index contributed by atoms with van der Waals surface area (Å²) in [5, 5.41) is 18.7. The number of likely N-dealkylation sites (N-methyl/N-ethyl adjacent to an activating group) is 1. The highest BCUT2D eigenvalue weighted by molar-refractivity contribution is 7.46. The monoisotopic (exact) mass is 621 g/mol. The Kier molecular flexibility index (Phi) is 23.3. The van der Waals surface area contributed by atoms with E-state index in [1.54, 1.807) is 21.1 Å². The Morgan fingerprint density at radius 2 is 1.02 bits per heavy atom. The molecule has 0 aliphatic carbocycles. The van der Waals surface area contributed by atoms with Gasteiger partial charge in [-0.15, -0.1) is 0 Å². The highest BCUT2D eigenvalue weighted by Crippen LogP contribution is 2.46. The van der Waals surface area contributed by atoms with Crippen molar-refractivity contribution in [1.82, 2.24) is 0 Å². The van der Waals surface area contributed by atoms with Gasteiger partial charge in [-0.25, -0.2) is 0 Å². The number of aliphatic hydroxyl groups excluding tert-OH is 2. The van der Waals surface area contributed by atoms with E-state index in [2.05, 4.69) is 13.8 Å². The fraction of sp³-hybridized carbons (Fsp3) is 0.938. The molecule has 0 aromatic carbocycles. The van der Waals surface area contributed by atoms with Crippen molar-refractivity contribution in [3.05, 3.63) is 0 Å². The van der Waals surface area contributed by atoms with Crippen LogP contribution in [0.5, 0.6) is 0 Å². The summed E-state index contributed by atoms with van der Waals surface area (Å²) in [6.45, 7) is 2.70. The molecule has 9 nitrogen and oxygen atoms in total. The summed E-state index contributed by atoms with van der Waals surface area (Å²) in [7, 11) is 0.0777. The summed E-state index contributed by atoms with van der Waals surface area (Å²) in [4.78, 5) is 40.5. The van der Waals surface area contributed by atoms with Crippen LogP contribution in [0.1, 0.15) is 142 Å². The van der Waals surface area contributed by atoms with Gasteiger partial charge in [0.25, 0.3) is 7.82 Å². The number of Topliss-reactive ketones (excluding diaryl/α,β-unsaturated/α-hetero) is 2. The van der Waals surface area contributed by atoms with Crippen LogP contribution in [0.25, 0.3) is 0 Å². The Labute approximate surface area is 257 Å². The molecule has 0 spiro atoms. The summed E-state index contributed by atoms with van der Waals surface area (Å²) in [6.07, 6.45) is 17.6. The molecule has 250 valence electrons. The molecule has 1 unspecified atom stereocenters. The topological polar surface area (TPSA) is 133 Å². The van der Waals surface area contributed by atoms with Crippen LogP contribution in [-0.4, -0.2) is 78.9 Å². The van der Waals surface area contributed by atoms with E-state index >= 15 is 0 Å². The number of carbonyl (C=O) groups excluding carboxylic acids is 2. The van der Waals surface area contributed by atoms with Crippen LogP contribution < -0.4 is 4.89 Å². The lowest BCUT2D eigenvalue weighted by atomic mass is 9.86. The van der Waals surface area contributed by atoms with Gasteiger partial charge in [0.15, 0.2) is 11.6 Å². The lowest BCUT2D eigenvalue weighted by Gasteiger charge is -2.40. The Morgan fingerprint density at radius 1 is 0.690 bits per heavy atom. The molecule has 0 radical (unpaired) electrons. The summed E-state index contributed by atoms with van der Waals surface area (Å²) in [6, 6.07) is 0. The summed E-state index contributed by atoms with van der Waals surface area (Å²) < 4.78 is 23.4. The number of hydrogen-bond acceptors (Lipinski definition) is 8. The zero-order valence-corrected chi connectivity index (χ0v) is 28.5. The quantitative estimate of drug-likeness (QED) is 0.0415. The number of hydrogen-bond donors (Lipinski definition) is 2. The van der Waals surface area contributed by atoms with E-state index in [-0.39, 0.29) is 23.9 Å². The molecule has 0 saturated heterocycles. The number of ketones is 2. The Balaban J connectivity index is 5.52. The van der Waals surface area contributed by atoms with Crippen molar-refractivity contribution in [1.29, 1.82) is 0 Å². The average molecular weight is 622 g/mol. The highest BCUT2D eigenvalue weighted by Gasteiger charge is 2.52. The molecule has 0 bridgehead atoms. The Hall–Kier alpha value is -0.670. The van der Waals surface area contributed by atoms with Gasteiger partial charge in [-0.3, -0.25) is 18.7 Å². The highest BCUT2D eigenvalue weighted by atomic mass is 31.2. The normalized spacial score (nSPS) is 13.9. The van der Waals surface area contributed by atoms with E-state index in [4.69, 9.17) is 9.05 Å². The minimum absolute atomic E-state index is 0.0305. The van der Waals surface area contributed by atoms with Crippen LogP contribution in [-0.2, 0) is 23.2 Å². The van der Waals surface area contributed by atoms with Crippen molar-refractivity contribution < 1.29 is 42.8 Å². The first-order valence-corrected chi connectivity index (χ1v) is 18.1. The van der Waals surface area contributed by atoms with E-state index in [9.17, 15) is 29.3 Å². The number of quaternary nitrogens is 1. The molecule has 10 heteroatoms. The van der Waals surface area contributed by atoms with Crippen molar-refractivity contribution >= 4 is 19.4 Å². The molecule has 0 fully saturated rings. The van der Waals surface area contributed by atoms with Gasteiger partial charge in [0.05, 0.1) is 34.4 Å². The third kappa shape index (κ3) is 19.6. The van der Waals surface area contributed by atoms with Crippen molar-refractivity contribution in [2.24, 2.45) is 0 Å². The molecule has 0 aliphatic heterocycles. The van der Waals surface area contributed by atoms with Crippen molar-refractivity contribution in [3.8, 4) is 0 Å². The zero-order chi connectivity index (χ0) is 31.9. The molecule has 1 atom stereocenters. The fourth-order valence-electron chi connectivity index (χ4n) is 5.25. The number of rotatable bonds is 30. The van der Waals surface area contributed by atoms with Crippen LogP contribution in [0.15, 0.2) is 0 Å². The second kappa shape index (κ2) is 23.7. The van der Waals surface area contributed by atoms with E-state index < -0.39 is 44.3 Å². The number of phosphoric acid groups is 1. The first-order chi connectivity index (χ1) is 19.9. The van der Waals surface area contributed by atoms with E-state index in [1.165, 1.54) is 51.4 Å². The number of nitrogens with zero attached hydrogens (tertiary/aromatic N) is 1. The molecule has 0 aromatic rings. The first kappa shape index (κ1) is 41.3. The number of unbranched alkanes of at least 4 members (excludes halogenated alkanes) is 16. The average Bonchev–Trinajstić information content (AvgIpc) is 2.92. The molecule has 0 aliphatic rings. The van der Waals surface area contributed by atoms with Gasteiger partial charge in [-0.05, 0) is 12.8 Å². The van der Waals surface area contributed by atoms with Crippen LogP contribution in [0.4, 0.5) is 0 Å². The molecule has 42 heavy (non-hydrogen) atoms. The smallest absolute Gasteiger partial charge is 0.269 e. The molecule has 0 amide bonds. The van der Waals surface area contributed by atoms with Crippen LogP contribution in [0.2, 0.25) is 0 Å². The SMILES string of the molecule is CCCCCCCCCCCC(=O)C(C[N+](C)(C)C)(OP(=O)([O-])OC(CO)CO)C(=O)CCCCCCCCCCC. The zero-order valence-electron chi connectivity index (χ0n) is 27.6. The van der Waals surface area contributed by atoms with Gasteiger partial charge in [0.1, 0.15) is 12.6 Å². The Morgan fingerprint density at radius 3 is 1.33 bits per heavy atom. The minimum atomic E-state index is -5.25. The van der Waals surface area contributed by atoms with Crippen molar-refractivity contribution in [2.75, 3.05) is 40.9 Å². The largest absolute Gasteiger partial charge is 0.756 e.